The predicted octanol–water partition coefficient (Wildman–Crippen LogP) is 2.88. The number of phenols is 1. The minimum atomic E-state index is 0.270. The van der Waals surface area contributed by atoms with Gasteiger partial charge in [0.2, 0.25) is 0 Å². The van der Waals surface area contributed by atoms with E-state index in [1.165, 1.54) is 5.56 Å². The van der Waals surface area contributed by atoms with E-state index in [1.54, 1.807) is 6.07 Å². The second-order valence-corrected chi connectivity index (χ2v) is 4.21. The van der Waals surface area contributed by atoms with E-state index in [0.29, 0.717) is 5.75 Å². The topological polar surface area (TPSA) is 20.2 Å². The number of alkyl halides is 1. The molecule has 2 rings (SSSR count). The van der Waals surface area contributed by atoms with Crippen LogP contribution in [0.25, 0.3) is 0 Å². The first-order valence-electron chi connectivity index (χ1n) is 4.71. The van der Waals surface area contributed by atoms with Gasteiger partial charge in [0.15, 0.2) is 0 Å². The normalized spacial score (nSPS) is 22.1. The number of benzene rings is 1. The minimum Gasteiger partial charge on any atom is -0.508 e. The van der Waals surface area contributed by atoms with Gasteiger partial charge in [-0.2, -0.15) is 0 Å². The summed E-state index contributed by atoms with van der Waals surface area (Å²) in [6.45, 7) is 0. The van der Waals surface area contributed by atoms with Crippen molar-refractivity contribution < 1.29 is 5.11 Å². The van der Waals surface area contributed by atoms with Crippen molar-refractivity contribution in [2.75, 3.05) is 0 Å². The second kappa shape index (κ2) is 3.59. The van der Waals surface area contributed by atoms with Gasteiger partial charge in [0.25, 0.3) is 0 Å². The molecule has 0 amide bonds. The highest BCUT2D eigenvalue weighted by molar-refractivity contribution is 6.20. The number of rotatable bonds is 0. The smallest absolute Gasteiger partial charge is 0.119 e. The van der Waals surface area contributed by atoms with Crippen LogP contribution in [-0.2, 0) is 12.8 Å². The van der Waals surface area contributed by atoms with Crippen LogP contribution in [0.5, 0.6) is 5.75 Å². The Morgan fingerprint density at radius 2 is 2.00 bits per heavy atom. The van der Waals surface area contributed by atoms with Gasteiger partial charge in [-0.1, -0.05) is 12.1 Å². The van der Waals surface area contributed by atoms with Crippen LogP contribution >= 0.6 is 11.6 Å². The molecule has 1 N–H and O–H groups in total. The Balaban J connectivity index is 2.35. The molecule has 0 spiro atoms. The summed E-state index contributed by atoms with van der Waals surface area (Å²) in [5.74, 6) is 0.434. The van der Waals surface area contributed by atoms with Crippen molar-refractivity contribution in [2.24, 2.45) is 0 Å². The van der Waals surface area contributed by atoms with Gasteiger partial charge in [-0.05, 0) is 42.9 Å². The molecule has 0 radical (unpaired) electrons. The number of aryl methyl sites for hydroxylation is 1. The number of phenolic OH excluding ortho intramolecular Hbond substituents is 1. The maximum absolute atomic E-state index is 9.62. The zero-order valence-electron chi connectivity index (χ0n) is 7.46. The highest BCUT2D eigenvalue weighted by Gasteiger charge is 2.15. The molecule has 2 heteroatoms. The lowest BCUT2D eigenvalue weighted by molar-refractivity contribution is 0.467. The van der Waals surface area contributed by atoms with Crippen LogP contribution in [0, 0.1) is 0 Å². The van der Waals surface area contributed by atoms with Gasteiger partial charge in [0.05, 0.1) is 0 Å². The lowest BCUT2D eigenvalue weighted by atomic mass is 10.0. The van der Waals surface area contributed by atoms with Crippen molar-refractivity contribution in [3.63, 3.8) is 0 Å². The third-order valence-electron chi connectivity index (χ3n) is 2.68. The third-order valence-corrected chi connectivity index (χ3v) is 3.12. The SMILES string of the molecule is Oc1cccc2c1CCC(Cl)CC2. The average molecular weight is 197 g/mol. The fourth-order valence-corrected chi connectivity index (χ4v) is 2.12. The molecule has 1 nitrogen and oxygen atoms in total. The van der Waals surface area contributed by atoms with E-state index in [4.69, 9.17) is 11.6 Å². The predicted molar refractivity (Wildman–Crippen MR) is 54.4 cm³/mol. The maximum Gasteiger partial charge on any atom is 0.119 e. The molecule has 13 heavy (non-hydrogen) atoms. The molecule has 70 valence electrons. The molecule has 1 aliphatic carbocycles. The lowest BCUT2D eigenvalue weighted by Gasteiger charge is -2.06. The Morgan fingerprint density at radius 1 is 1.23 bits per heavy atom. The summed E-state index contributed by atoms with van der Waals surface area (Å²) >= 11 is 6.08. The van der Waals surface area contributed by atoms with Crippen LogP contribution in [0.2, 0.25) is 0 Å². The van der Waals surface area contributed by atoms with Crippen molar-refractivity contribution in [3.05, 3.63) is 29.3 Å². The summed E-state index contributed by atoms with van der Waals surface area (Å²) < 4.78 is 0. The Morgan fingerprint density at radius 3 is 2.85 bits per heavy atom. The van der Waals surface area contributed by atoms with Crippen LogP contribution in [-0.4, -0.2) is 10.5 Å². The third kappa shape index (κ3) is 1.80. The van der Waals surface area contributed by atoms with Crippen molar-refractivity contribution in [1.82, 2.24) is 0 Å². The first-order chi connectivity index (χ1) is 6.27. The van der Waals surface area contributed by atoms with E-state index in [-0.39, 0.29) is 5.38 Å². The second-order valence-electron chi connectivity index (χ2n) is 3.59. The molecule has 0 heterocycles. The Kier molecular flexibility index (Phi) is 2.45. The number of hydrogen-bond acceptors (Lipinski definition) is 1. The number of aromatic hydroxyl groups is 1. The molecule has 1 atom stereocenters. The lowest BCUT2D eigenvalue weighted by Crippen LogP contribution is -1.96. The van der Waals surface area contributed by atoms with Crippen molar-refractivity contribution >= 4 is 11.6 Å². The Labute approximate surface area is 83.3 Å². The zero-order chi connectivity index (χ0) is 9.26. The Bertz CT molecular complexity index is 309. The molecule has 1 aromatic carbocycles. The summed E-state index contributed by atoms with van der Waals surface area (Å²) in [6.07, 6.45) is 3.91. The molecule has 0 fully saturated rings. The maximum atomic E-state index is 9.62. The summed E-state index contributed by atoms with van der Waals surface area (Å²) in [7, 11) is 0. The molecule has 1 unspecified atom stereocenters. The standard InChI is InChI=1S/C11H13ClO/c12-9-5-4-8-2-1-3-11(13)10(8)7-6-9/h1-3,9,13H,4-7H2. The number of hydrogen-bond donors (Lipinski definition) is 1. The molecular formula is C11H13ClO. The highest BCUT2D eigenvalue weighted by atomic mass is 35.5. The van der Waals surface area contributed by atoms with Crippen LogP contribution in [0.1, 0.15) is 24.0 Å². The van der Waals surface area contributed by atoms with Gasteiger partial charge in [-0.15, -0.1) is 11.6 Å². The molecule has 1 aliphatic rings. The van der Waals surface area contributed by atoms with Gasteiger partial charge in [-0.25, -0.2) is 0 Å². The fourth-order valence-electron chi connectivity index (χ4n) is 1.90. The largest absolute Gasteiger partial charge is 0.508 e. The molecule has 0 bridgehead atoms. The summed E-state index contributed by atoms with van der Waals surface area (Å²) in [6, 6.07) is 5.75. The molecule has 0 aromatic heterocycles. The van der Waals surface area contributed by atoms with Crippen LogP contribution < -0.4 is 0 Å². The van der Waals surface area contributed by atoms with E-state index in [2.05, 4.69) is 6.07 Å². The average Bonchev–Trinajstić information content (AvgIpc) is 2.30. The van der Waals surface area contributed by atoms with Crippen molar-refractivity contribution in [3.8, 4) is 5.75 Å². The van der Waals surface area contributed by atoms with Gasteiger partial charge < -0.3 is 5.11 Å². The van der Waals surface area contributed by atoms with Crippen molar-refractivity contribution in [1.29, 1.82) is 0 Å². The minimum absolute atomic E-state index is 0.270. The fraction of sp³-hybridized carbons (Fsp3) is 0.455. The van der Waals surface area contributed by atoms with Gasteiger partial charge >= 0.3 is 0 Å². The molecule has 0 saturated heterocycles. The number of halogens is 1. The molecule has 0 saturated carbocycles. The zero-order valence-corrected chi connectivity index (χ0v) is 8.22. The molecular weight excluding hydrogens is 184 g/mol. The van der Waals surface area contributed by atoms with E-state index < -0.39 is 0 Å². The van der Waals surface area contributed by atoms with E-state index >= 15 is 0 Å². The van der Waals surface area contributed by atoms with Gasteiger partial charge in [0.1, 0.15) is 5.75 Å². The van der Waals surface area contributed by atoms with Gasteiger partial charge in [-0.3, -0.25) is 0 Å². The van der Waals surface area contributed by atoms with Crippen LogP contribution in [0.3, 0.4) is 0 Å². The first-order valence-corrected chi connectivity index (χ1v) is 5.15. The van der Waals surface area contributed by atoms with E-state index in [9.17, 15) is 5.11 Å². The van der Waals surface area contributed by atoms with Crippen molar-refractivity contribution in [2.45, 2.75) is 31.1 Å². The summed E-state index contributed by atoms with van der Waals surface area (Å²) in [5.41, 5.74) is 2.37. The van der Waals surface area contributed by atoms with Crippen LogP contribution in [0.4, 0.5) is 0 Å². The van der Waals surface area contributed by atoms with Gasteiger partial charge in [0, 0.05) is 5.38 Å². The summed E-state index contributed by atoms with van der Waals surface area (Å²) in [4.78, 5) is 0. The van der Waals surface area contributed by atoms with Crippen LogP contribution in [0.15, 0.2) is 18.2 Å². The van der Waals surface area contributed by atoms with E-state index in [1.807, 2.05) is 6.07 Å². The Hall–Kier alpha value is -0.690. The monoisotopic (exact) mass is 196 g/mol. The molecule has 0 aliphatic heterocycles. The quantitative estimate of drug-likeness (QED) is 0.500. The highest BCUT2D eigenvalue weighted by Crippen LogP contribution is 2.29. The first kappa shape index (κ1) is 8.89. The number of fused-ring (bicyclic) bond motifs is 1. The molecule has 1 aromatic rings. The summed E-state index contributed by atoms with van der Waals surface area (Å²) in [5, 5.41) is 9.89. The van der Waals surface area contributed by atoms with E-state index in [0.717, 1.165) is 31.2 Å².